The lowest BCUT2D eigenvalue weighted by Crippen LogP contribution is -2.48. The van der Waals surface area contributed by atoms with E-state index in [4.69, 9.17) is 4.42 Å². The van der Waals surface area contributed by atoms with Gasteiger partial charge in [0.15, 0.2) is 0 Å². The summed E-state index contributed by atoms with van der Waals surface area (Å²) in [5.74, 6) is 0.986. The van der Waals surface area contributed by atoms with Crippen LogP contribution in [0.15, 0.2) is 21.6 Å². The fourth-order valence-corrected chi connectivity index (χ4v) is 4.03. The Morgan fingerprint density at radius 1 is 1.63 bits per heavy atom. The lowest BCUT2D eigenvalue weighted by atomic mass is 9.82. The van der Waals surface area contributed by atoms with Crippen molar-refractivity contribution < 1.29 is 4.42 Å². The third-order valence-electron chi connectivity index (χ3n) is 3.74. The third kappa shape index (κ3) is 3.55. The summed E-state index contributed by atoms with van der Waals surface area (Å²) in [5, 5.41) is 13.5. The Morgan fingerprint density at radius 3 is 3.11 bits per heavy atom. The molecule has 1 aromatic heterocycles. The summed E-state index contributed by atoms with van der Waals surface area (Å²) < 4.78 is 5.35. The fraction of sp³-hybridized carbons (Fsp3) is 0.667. The second-order valence-electron chi connectivity index (χ2n) is 5.30. The maximum absolute atomic E-state index is 9.53. The molecule has 1 heterocycles. The highest BCUT2D eigenvalue weighted by Crippen LogP contribution is 2.39. The van der Waals surface area contributed by atoms with Gasteiger partial charge in [0.2, 0.25) is 0 Å². The van der Waals surface area contributed by atoms with Crippen LogP contribution in [0, 0.1) is 18.3 Å². The molecule has 2 atom stereocenters. The van der Waals surface area contributed by atoms with E-state index in [9.17, 15) is 5.26 Å². The second kappa shape index (κ2) is 6.49. The molecule has 0 spiro atoms. The summed E-state index contributed by atoms with van der Waals surface area (Å²) >= 11 is 1.86. The molecule has 0 aliphatic heterocycles. The molecule has 1 aliphatic rings. The van der Waals surface area contributed by atoms with Crippen molar-refractivity contribution in [1.29, 1.82) is 5.26 Å². The Bertz CT molecular complexity index is 451. The summed E-state index contributed by atoms with van der Waals surface area (Å²) in [6.45, 7) is 5.07. The first-order chi connectivity index (χ1) is 9.19. The van der Waals surface area contributed by atoms with Crippen molar-refractivity contribution >= 4 is 11.8 Å². The van der Waals surface area contributed by atoms with Crippen molar-refractivity contribution in [3.63, 3.8) is 0 Å². The third-order valence-corrected chi connectivity index (χ3v) is 5.15. The van der Waals surface area contributed by atoms with Crippen LogP contribution in [0.5, 0.6) is 0 Å². The van der Waals surface area contributed by atoms with Gasteiger partial charge in [0.05, 0.1) is 12.3 Å². The van der Waals surface area contributed by atoms with E-state index < -0.39 is 0 Å². The SMILES string of the molecule is CCCNC1(C#N)CCCC(Sc2ccoc2C)C1. The molecule has 1 saturated carbocycles. The number of nitriles is 1. The molecule has 19 heavy (non-hydrogen) atoms. The molecular weight excluding hydrogens is 256 g/mol. The first-order valence-electron chi connectivity index (χ1n) is 7.06. The quantitative estimate of drug-likeness (QED) is 0.888. The number of furan rings is 1. The lowest BCUT2D eigenvalue weighted by Gasteiger charge is -2.36. The number of nitrogens with one attached hydrogen (secondary N) is 1. The molecule has 0 radical (unpaired) electrons. The lowest BCUT2D eigenvalue weighted by molar-refractivity contribution is 0.304. The Hall–Kier alpha value is -0.920. The smallest absolute Gasteiger partial charge is 0.114 e. The van der Waals surface area contributed by atoms with Crippen molar-refractivity contribution in [1.82, 2.24) is 5.32 Å². The number of hydrogen-bond acceptors (Lipinski definition) is 4. The van der Waals surface area contributed by atoms with Gasteiger partial charge in [-0.15, -0.1) is 11.8 Å². The van der Waals surface area contributed by atoms with Gasteiger partial charge in [0, 0.05) is 10.1 Å². The number of nitrogens with zero attached hydrogens (tertiary/aromatic N) is 1. The first-order valence-corrected chi connectivity index (χ1v) is 7.94. The van der Waals surface area contributed by atoms with E-state index in [2.05, 4.69) is 18.3 Å². The van der Waals surface area contributed by atoms with E-state index in [-0.39, 0.29) is 5.54 Å². The minimum absolute atomic E-state index is 0.316. The van der Waals surface area contributed by atoms with Gasteiger partial charge in [-0.2, -0.15) is 5.26 Å². The standard InChI is InChI=1S/C15H22N2OS/c1-3-8-17-15(11-16)7-4-5-13(10-15)19-14-6-9-18-12(14)2/h6,9,13,17H,3-5,7-8,10H2,1-2H3. The first kappa shape index (κ1) is 14.5. The van der Waals surface area contributed by atoms with Crippen molar-refractivity contribution in [3.8, 4) is 6.07 Å². The molecule has 2 rings (SSSR count). The van der Waals surface area contributed by atoms with Crippen molar-refractivity contribution in [3.05, 3.63) is 18.1 Å². The normalized spacial score (nSPS) is 27.1. The summed E-state index contributed by atoms with van der Waals surface area (Å²) in [4.78, 5) is 1.22. The Morgan fingerprint density at radius 2 is 2.47 bits per heavy atom. The topological polar surface area (TPSA) is 49.0 Å². The van der Waals surface area contributed by atoms with Crippen LogP contribution in [-0.4, -0.2) is 17.3 Å². The molecule has 1 aliphatic carbocycles. The largest absolute Gasteiger partial charge is 0.468 e. The number of hydrogen-bond donors (Lipinski definition) is 1. The predicted octanol–water partition coefficient (Wildman–Crippen LogP) is 3.88. The zero-order chi connectivity index (χ0) is 13.7. The molecule has 1 N–H and O–H groups in total. The van der Waals surface area contributed by atoms with Gasteiger partial charge in [-0.25, -0.2) is 0 Å². The van der Waals surface area contributed by atoms with Crippen molar-refractivity contribution in [2.75, 3.05) is 6.54 Å². The predicted molar refractivity (Wildman–Crippen MR) is 78.2 cm³/mol. The molecule has 4 heteroatoms. The van der Waals surface area contributed by atoms with Crippen LogP contribution in [0.1, 0.15) is 44.8 Å². The highest BCUT2D eigenvalue weighted by Gasteiger charge is 2.36. The van der Waals surface area contributed by atoms with Gasteiger partial charge >= 0.3 is 0 Å². The van der Waals surface area contributed by atoms with Gasteiger partial charge in [-0.1, -0.05) is 6.92 Å². The van der Waals surface area contributed by atoms with E-state index in [1.54, 1.807) is 6.26 Å². The monoisotopic (exact) mass is 278 g/mol. The molecule has 0 amide bonds. The van der Waals surface area contributed by atoms with Gasteiger partial charge in [-0.05, 0) is 51.6 Å². The molecule has 0 bridgehead atoms. The highest BCUT2D eigenvalue weighted by atomic mass is 32.2. The zero-order valence-electron chi connectivity index (χ0n) is 11.7. The van der Waals surface area contributed by atoms with Crippen LogP contribution in [-0.2, 0) is 0 Å². The van der Waals surface area contributed by atoms with Crippen molar-refractivity contribution in [2.45, 2.75) is 61.6 Å². The van der Waals surface area contributed by atoms with Gasteiger partial charge in [0.1, 0.15) is 11.3 Å². The molecule has 2 unspecified atom stereocenters. The van der Waals surface area contributed by atoms with Gasteiger partial charge < -0.3 is 4.42 Å². The van der Waals surface area contributed by atoms with E-state index in [1.165, 1.54) is 11.3 Å². The average molecular weight is 278 g/mol. The molecule has 3 nitrogen and oxygen atoms in total. The van der Waals surface area contributed by atoms with Gasteiger partial charge in [0.25, 0.3) is 0 Å². The Kier molecular flexibility index (Phi) is 4.95. The average Bonchev–Trinajstić information content (AvgIpc) is 2.82. The number of aryl methyl sites for hydroxylation is 1. The second-order valence-corrected chi connectivity index (χ2v) is 6.64. The van der Waals surface area contributed by atoms with Crippen molar-refractivity contribution in [2.24, 2.45) is 0 Å². The molecule has 0 saturated heterocycles. The zero-order valence-corrected chi connectivity index (χ0v) is 12.6. The van der Waals surface area contributed by atoms with Crippen LogP contribution in [0.3, 0.4) is 0 Å². The Balaban J connectivity index is 2.00. The van der Waals surface area contributed by atoms with Crippen LogP contribution >= 0.6 is 11.8 Å². The fourth-order valence-electron chi connectivity index (χ4n) is 2.67. The molecule has 0 aromatic carbocycles. The molecule has 1 aromatic rings. The number of thioether (sulfide) groups is 1. The molecule has 104 valence electrons. The highest BCUT2D eigenvalue weighted by molar-refractivity contribution is 8.00. The summed E-state index contributed by atoms with van der Waals surface area (Å²) in [6.07, 6.45) is 7.03. The summed E-state index contributed by atoms with van der Waals surface area (Å²) in [6, 6.07) is 4.56. The van der Waals surface area contributed by atoms with E-state index in [0.29, 0.717) is 5.25 Å². The van der Waals surface area contributed by atoms with E-state index in [1.807, 2.05) is 24.8 Å². The maximum atomic E-state index is 9.53. The van der Waals surface area contributed by atoms with Crippen LogP contribution in [0.4, 0.5) is 0 Å². The molecular formula is C15H22N2OS. The summed E-state index contributed by atoms with van der Waals surface area (Å²) in [7, 11) is 0. The Labute approximate surface area is 119 Å². The van der Waals surface area contributed by atoms with Crippen LogP contribution in [0.2, 0.25) is 0 Å². The minimum Gasteiger partial charge on any atom is -0.468 e. The van der Waals surface area contributed by atoms with Crippen LogP contribution < -0.4 is 5.32 Å². The van der Waals surface area contributed by atoms with Crippen LogP contribution in [0.25, 0.3) is 0 Å². The van der Waals surface area contributed by atoms with E-state index >= 15 is 0 Å². The number of rotatable bonds is 5. The van der Waals surface area contributed by atoms with Gasteiger partial charge in [-0.3, -0.25) is 5.32 Å². The summed E-state index contributed by atoms with van der Waals surface area (Å²) in [5.41, 5.74) is -0.316. The maximum Gasteiger partial charge on any atom is 0.114 e. The molecule has 1 fully saturated rings. The minimum atomic E-state index is -0.316. The van der Waals surface area contributed by atoms with E-state index in [0.717, 1.165) is 38.0 Å².